The fourth-order valence-electron chi connectivity index (χ4n) is 0.938. The van der Waals surface area contributed by atoms with E-state index in [0.29, 0.717) is 12.2 Å². The number of benzene rings is 1. The Hall–Kier alpha value is -1.33. The van der Waals surface area contributed by atoms with Crippen LogP contribution in [0, 0.1) is 11.3 Å². The van der Waals surface area contributed by atoms with Crippen molar-refractivity contribution in [3.63, 3.8) is 0 Å². The van der Waals surface area contributed by atoms with Crippen molar-refractivity contribution in [2.75, 3.05) is 0 Å². The first kappa shape index (κ1) is 13.7. The third-order valence-electron chi connectivity index (χ3n) is 1.67. The summed E-state index contributed by atoms with van der Waals surface area (Å²) in [6, 6.07) is 9.52. The van der Waals surface area contributed by atoms with E-state index in [1.165, 1.54) is 0 Å². The van der Waals surface area contributed by atoms with Gasteiger partial charge in [0.15, 0.2) is 0 Å². The molecule has 15 heavy (non-hydrogen) atoms. The highest BCUT2D eigenvalue weighted by molar-refractivity contribution is 5.31. The van der Waals surface area contributed by atoms with Crippen LogP contribution in [-0.4, -0.2) is 6.10 Å². The summed E-state index contributed by atoms with van der Waals surface area (Å²) >= 11 is 0. The second kappa shape index (κ2) is 8.02. The Kier molecular flexibility index (Phi) is 7.31. The second-order valence-corrected chi connectivity index (χ2v) is 3.17. The molecule has 0 aromatic heterocycles. The average molecular weight is 205 g/mol. The van der Waals surface area contributed by atoms with Gasteiger partial charge in [-0.25, -0.2) is 0 Å². The number of nitriles is 1. The molecule has 1 rings (SSSR count). The Morgan fingerprint density at radius 2 is 1.73 bits per heavy atom. The van der Waals surface area contributed by atoms with E-state index in [2.05, 4.69) is 6.07 Å². The van der Waals surface area contributed by atoms with Crippen molar-refractivity contribution in [1.82, 2.24) is 0 Å². The fourth-order valence-corrected chi connectivity index (χ4v) is 0.938. The highest BCUT2D eigenvalue weighted by Gasteiger charge is 1.96. The van der Waals surface area contributed by atoms with Crippen LogP contribution in [-0.2, 0) is 11.3 Å². The molecule has 0 bridgehead atoms. The van der Waals surface area contributed by atoms with E-state index >= 15 is 0 Å². The van der Waals surface area contributed by atoms with Gasteiger partial charge in [0.25, 0.3) is 0 Å². The molecule has 1 aromatic rings. The quantitative estimate of drug-likeness (QED) is 0.756. The van der Waals surface area contributed by atoms with Crippen LogP contribution in [0.25, 0.3) is 0 Å². The van der Waals surface area contributed by atoms with Crippen LogP contribution in [0.15, 0.2) is 24.3 Å². The molecule has 0 aliphatic carbocycles. The molecule has 0 aliphatic rings. The summed E-state index contributed by atoms with van der Waals surface area (Å²) in [6.07, 6.45) is 0.246. The summed E-state index contributed by atoms with van der Waals surface area (Å²) in [6.45, 7) is 8.62. The van der Waals surface area contributed by atoms with Gasteiger partial charge in [-0.3, -0.25) is 0 Å². The third kappa shape index (κ3) is 5.87. The van der Waals surface area contributed by atoms with Crippen LogP contribution in [0.4, 0.5) is 0 Å². The van der Waals surface area contributed by atoms with Crippen LogP contribution in [0.3, 0.4) is 0 Å². The highest BCUT2D eigenvalue weighted by Crippen LogP contribution is 2.05. The molecule has 82 valence electrons. The largest absolute Gasteiger partial charge is 0.374 e. The van der Waals surface area contributed by atoms with Gasteiger partial charge in [-0.05, 0) is 31.5 Å². The Morgan fingerprint density at radius 1 is 1.20 bits per heavy atom. The van der Waals surface area contributed by atoms with Gasteiger partial charge in [0.2, 0.25) is 0 Å². The molecule has 0 spiro atoms. The van der Waals surface area contributed by atoms with Crippen molar-refractivity contribution < 1.29 is 4.74 Å². The lowest BCUT2D eigenvalue weighted by molar-refractivity contribution is 0.0657. The van der Waals surface area contributed by atoms with Gasteiger partial charge in [-0.1, -0.05) is 26.0 Å². The summed E-state index contributed by atoms with van der Waals surface area (Å²) in [7, 11) is 0. The minimum Gasteiger partial charge on any atom is -0.374 e. The lowest BCUT2D eigenvalue weighted by Gasteiger charge is -2.06. The molecular formula is C13H19NO. The SMILES string of the molecule is CC.CC(C)OCc1ccc(C#N)cc1. The van der Waals surface area contributed by atoms with E-state index in [9.17, 15) is 0 Å². The molecule has 2 nitrogen and oxygen atoms in total. The first-order chi connectivity index (χ1) is 7.22. The van der Waals surface area contributed by atoms with Crippen LogP contribution in [0.1, 0.15) is 38.8 Å². The van der Waals surface area contributed by atoms with Crippen LogP contribution < -0.4 is 0 Å². The number of hydrogen-bond acceptors (Lipinski definition) is 2. The molecule has 0 amide bonds. The van der Waals surface area contributed by atoms with Gasteiger partial charge in [0, 0.05) is 0 Å². The van der Waals surface area contributed by atoms with E-state index < -0.39 is 0 Å². The summed E-state index contributed by atoms with van der Waals surface area (Å²) in [5.41, 5.74) is 1.79. The zero-order chi connectivity index (χ0) is 11.7. The monoisotopic (exact) mass is 205 g/mol. The van der Waals surface area contributed by atoms with Crippen molar-refractivity contribution in [1.29, 1.82) is 5.26 Å². The number of rotatable bonds is 3. The Balaban J connectivity index is 0.000000921. The molecule has 0 atom stereocenters. The normalized spacial score (nSPS) is 9.07. The molecule has 0 heterocycles. The van der Waals surface area contributed by atoms with Gasteiger partial charge in [0.05, 0.1) is 24.3 Å². The molecule has 0 unspecified atom stereocenters. The summed E-state index contributed by atoms with van der Waals surface area (Å²) in [5.74, 6) is 0. The van der Waals surface area contributed by atoms with Gasteiger partial charge < -0.3 is 4.74 Å². The maximum Gasteiger partial charge on any atom is 0.0991 e. The van der Waals surface area contributed by atoms with Crippen LogP contribution in [0.2, 0.25) is 0 Å². The molecule has 0 saturated carbocycles. The molecule has 0 saturated heterocycles. The van der Waals surface area contributed by atoms with Crippen LogP contribution >= 0.6 is 0 Å². The van der Waals surface area contributed by atoms with Gasteiger partial charge in [0.1, 0.15) is 0 Å². The Labute approximate surface area is 92.5 Å². The highest BCUT2D eigenvalue weighted by atomic mass is 16.5. The molecule has 0 fully saturated rings. The van der Waals surface area contributed by atoms with E-state index in [1.807, 2.05) is 39.8 Å². The Morgan fingerprint density at radius 3 is 2.13 bits per heavy atom. The van der Waals surface area contributed by atoms with E-state index in [1.54, 1.807) is 12.1 Å². The van der Waals surface area contributed by atoms with Crippen molar-refractivity contribution >= 4 is 0 Å². The third-order valence-corrected chi connectivity index (χ3v) is 1.67. The second-order valence-electron chi connectivity index (χ2n) is 3.17. The molecule has 1 aromatic carbocycles. The predicted molar refractivity (Wildman–Crippen MR) is 62.4 cm³/mol. The predicted octanol–water partition coefficient (Wildman–Crippen LogP) is 3.51. The molecule has 2 heteroatoms. The maximum absolute atomic E-state index is 8.57. The van der Waals surface area contributed by atoms with Crippen LogP contribution in [0.5, 0.6) is 0 Å². The van der Waals surface area contributed by atoms with Gasteiger partial charge in [-0.2, -0.15) is 5.26 Å². The Bertz CT molecular complexity index is 295. The fraction of sp³-hybridized carbons (Fsp3) is 0.462. The van der Waals surface area contributed by atoms with Crippen molar-refractivity contribution in [2.24, 2.45) is 0 Å². The number of nitrogens with zero attached hydrogens (tertiary/aromatic N) is 1. The topological polar surface area (TPSA) is 33.0 Å². The van der Waals surface area contributed by atoms with Crippen molar-refractivity contribution in [3.8, 4) is 6.07 Å². The minimum absolute atomic E-state index is 0.246. The first-order valence-corrected chi connectivity index (χ1v) is 5.33. The van der Waals surface area contributed by atoms with E-state index in [0.717, 1.165) is 5.56 Å². The molecule has 0 radical (unpaired) electrons. The zero-order valence-corrected chi connectivity index (χ0v) is 9.95. The zero-order valence-electron chi connectivity index (χ0n) is 9.95. The lowest BCUT2D eigenvalue weighted by atomic mass is 10.2. The standard InChI is InChI=1S/C11H13NO.C2H6/c1-9(2)13-8-11-5-3-10(7-12)4-6-11;1-2/h3-6,9H,8H2,1-2H3;1-2H3. The molecular weight excluding hydrogens is 186 g/mol. The van der Waals surface area contributed by atoms with Crippen molar-refractivity contribution in [3.05, 3.63) is 35.4 Å². The maximum atomic E-state index is 8.57. The minimum atomic E-state index is 0.246. The van der Waals surface area contributed by atoms with Crippen molar-refractivity contribution in [2.45, 2.75) is 40.4 Å². The van der Waals surface area contributed by atoms with E-state index in [-0.39, 0.29) is 6.10 Å². The van der Waals surface area contributed by atoms with E-state index in [4.69, 9.17) is 10.00 Å². The lowest BCUT2D eigenvalue weighted by Crippen LogP contribution is -2.01. The summed E-state index contributed by atoms with van der Waals surface area (Å²) < 4.78 is 5.42. The summed E-state index contributed by atoms with van der Waals surface area (Å²) in [5, 5.41) is 8.57. The summed E-state index contributed by atoms with van der Waals surface area (Å²) in [4.78, 5) is 0. The molecule has 0 N–H and O–H groups in total. The average Bonchev–Trinajstić information content (AvgIpc) is 2.30. The smallest absolute Gasteiger partial charge is 0.0991 e. The molecule has 0 aliphatic heterocycles. The number of hydrogen-bond donors (Lipinski definition) is 0. The first-order valence-electron chi connectivity index (χ1n) is 5.33. The van der Waals surface area contributed by atoms with Gasteiger partial charge >= 0.3 is 0 Å². The van der Waals surface area contributed by atoms with Gasteiger partial charge in [-0.15, -0.1) is 0 Å². The number of ether oxygens (including phenoxy) is 1.